The molecule has 1 N–H and O–H groups in total. The first-order valence-electron chi connectivity index (χ1n) is 6.53. The standard InChI is InChI=1S/C13H23N3O2/c1-4-5-6-7-8-16(3)10-13(17)14-12-9-11(2)18-15-12/h9H,4-8,10H2,1-3H3,(H,14,15,17). The van der Waals surface area contributed by atoms with Crippen LogP contribution in [0.25, 0.3) is 0 Å². The van der Waals surface area contributed by atoms with E-state index in [1.54, 1.807) is 13.0 Å². The van der Waals surface area contributed by atoms with E-state index in [9.17, 15) is 4.79 Å². The van der Waals surface area contributed by atoms with E-state index in [1.165, 1.54) is 19.3 Å². The van der Waals surface area contributed by atoms with Crippen LogP contribution >= 0.6 is 0 Å². The monoisotopic (exact) mass is 253 g/mol. The normalized spacial score (nSPS) is 10.9. The number of anilines is 1. The number of hydrogen-bond acceptors (Lipinski definition) is 4. The molecule has 0 saturated heterocycles. The van der Waals surface area contributed by atoms with Crippen molar-refractivity contribution in [2.45, 2.75) is 39.5 Å². The summed E-state index contributed by atoms with van der Waals surface area (Å²) in [5, 5.41) is 6.43. The number of carbonyl (C=O) groups is 1. The average Bonchev–Trinajstić information content (AvgIpc) is 2.70. The summed E-state index contributed by atoms with van der Waals surface area (Å²) >= 11 is 0. The molecule has 0 spiro atoms. The number of rotatable bonds is 8. The van der Waals surface area contributed by atoms with E-state index in [4.69, 9.17) is 4.52 Å². The zero-order chi connectivity index (χ0) is 13.4. The Bertz CT molecular complexity index is 363. The number of aromatic nitrogens is 1. The minimum absolute atomic E-state index is 0.0544. The molecular formula is C13H23N3O2. The van der Waals surface area contributed by atoms with Crippen molar-refractivity contribution in [3.8, 4) is 0 Å². The van der Waals surface area contributed by atoms with Crippen LogP contribution in [0.15, 0.2) is 10.6 Å². The second kappa shape index (κ2) is 7.87. The predicted molar refractivity (Wildman–Crippen MR) is 71.5 cm³/mol. The highest BCUT2D eigenvalue weighted by atomic mass is 16.5. The van der Waals surface area contributed by atoms with Crippen LogP contribution in [0.4, 0.5) is 5.82 Å². The average molecular weight is 253 g/mol. The lowest BCUT2D eigenvalue weighted by Crippen LogP contribution is -2.31. The van der Waals surface area contributed by atoms with Crippen LogP contribution < -0.4 is 5.32 Å². The van der Waals surface area contributed by atoms with Crippen molar-refractivity contribution < 1.29 is 9.32 Å². The summed E-state index contributed by atoms with van der Waals surface area (Å²) in [7, 11) is 1.96. The summed E-state index contributed by atoms with van der Waals surface area (Å²) in [6.07, 6.45) is 4.86. The Morgan fingerprint density at radius 3 is 2.83 bits per heavy atom. The van der Waals surface area contributed by atoms with Crippen molar-refractivity contribution in [3.63, 3.8) is 0 Å². The summed E-state index contributed by atoms with van der Waals surface area (Å²) in [6.45, 7) is 5.32. The molecule has 1 heterocycles. The first-order chi connectivity index (χ1) is 8.61. The molecule has 5 nitrogen and oxygen atoms in total. The Morgan fingerprint density at radius 2 is 2.22 bits per heavy atom. The molecule has 5 heteroatoms. The van der Waals surface area contributed by atoms with Gasteiger partial charge in [-0.05, 0) is 26.9 Å². The topological polar surface area (TPSA) is 58.4 Å². The molecule has 0 bridgehead atoms. The summed E-state index contributed by atoms with van der Waals surface area (Å²) < 4.78 is 4.88. The van der Waals surface area contributed by atoms with Crippen molar-refractivity contribution >= 4 is 11.7 Å². The van der Waals surface area contributed by atoms with E-state index in [1.807, 2.05) is 11.9 Å². The molecule has 0 fully saturated rings. The molecule has 0 aliphatic carbocycles. The highest BCUT2D eigenvalue weighted by molar-refractivity contribution is 5.91. The maximum atomic E-state index is 11.7. The molecular weight excluding hydrogens is 230 g/mol. The summed E-state index contributed by atoms with van der Waals surface area (Å²) in [5.74, 6) is 1.12. The van der Waals surface area contributed by atoms with E-state index in [2.05, 4.69) is 17.4 Å². The van der Waals surface area contributed by atoms with Crippen LogP contribution in [-0.4, -0.2) is 36.1 Å². The van der Waals surface area contributed by atoms with Gasteiger partial charge in [0.2, 0.25) is 5.91 Å². The number of hydrogen-bond donors (Lipinski definition) is 1. The second-order valence-electron chi connectivity index (χ2n) is 4.67. The van der Waals surface area contributed by atoms with Crippen LogP contribution in [-0.2, 0) is 4.79 Å². The predicted octanol–water partition coefficient (Wildman–Crippen LogP) is 2.43. The third kappa shape index (κ3) is 5.82. The Morgan fingerprint density at radius 1 is 1.44 bits per heavy atom. The number of amides is 1. The van der Waals surface area contributed by atoms with Crippen molar-refractivity contribution in [1.82, 2.24) is 10.1 Å². The van der Waals surface area contributed by atoms with E-state index in [-0.39, 0.29) is 5.91 Å². The molecule has 1 aromatic rings. The summed E-state index contributed by atoms with van der Waals surface area (Å²) in [4.78, 5) is 13.7. The number of likely N-dealkylation sites (N-methyl/N-ethyl adjacent to an activating group) is 1. The number of nitrogens with zero attached hydrogens (tertiary/aromatic N) is 2. The number of aryl methyl sites for hydroxylation is 1. The minimum atomic E-state index is -0.0544. The van der Waals surface area contributed by atoms with E-state index in [0.29, 0.717) is 18.1 Å². The molecule has 0 unspecified atom stereocenters. The molecule has 0 aromatic carbocycles. The maximum Gasteiger partial charge on any atom is 0.239 e. The molecule has 18 heavy (non-hydrogen) atoms. The van der Waals surface area contributed by atoms with E-state index < -0.39 is 0 Å². The van der Waals surface area contributed by atoms with Crippen LogP contribution in [0.1, 0.15) is 38.4 Å². The first kappa shape index (κ1) is 14.7. The van der Waals surface area contributed by atoms with Crippen molar-refractivity contribution in [2.75, 3.05) is 25.5 Å². The third-order valence-electron chi connectivity index (χ3n) is 2.70. The van der Waals surface area contributed by atoms with Gasteiger partial charge in [0.15, 0.2) is 5.82 Å². The second-order valence-corrected chi connectivity index (χ2v) is 4.67. The lowest BCUT2D eigenvalue weighted by molar-refractivity contribution is -0.117. The van der Waals surface area contributed by atoms with Gasteiger partial charge in [-0.25, -0.2) is 0 Å². The van der Waals surface area contributed by atoms with Crippen molar-refractivity contribution in [2.24, 2.45) is 0 Å². The first-order valence-corrected chi connectivity index (χ1v) is 6.53. The summed E-state index contributed by atoms with van der Waals surface area (Å²) in [5.41, 5.74) is 0. The minimum Gasteiger partial charge on any atom is -0.360 e. The number of carbonyl (C=O) groups excluding carboxylic acids is 1. The van der Waals surface area contributed by atoms with Crippen LogP contribution in [0.5, 0.6) is 0 Å². The van der Waals surface area contributed by atoms with E-state index >= 15 is 0 Å². The highest BCUT2D eigenvalue weighted by Crippen LogP contribution is 2.07. The summed E-state index contributed by atoms with van der Waals surface area (Å²) in [6, 6.07) is 1.71. The lowest BCUT2D eigenvalue weighted by Gasteiger charge is -2.15. The molecule has 0 radical (unpaired) electrons. The molecule has 1 amide bonds. The van der Waals surface area contributed by atoms with Gasteiger partial charge in [0.1, 0.15) is 5.76 Å². The molecule has 0 saturated carbocycles. The van der Waals surface area contributed by atoms with Crippen LogP contribution in [0.3, 0.4) is 0 Å². The zero-order valence-electron chi connectivity index (χ0n) is 11.5. The SMILES string of the molecule is CCCCCCN(C)CC(=O)Nc1cc(C)on1. The Kier molecular flexibility index (Phi) is 6.43. The van der Waals surface area contributed by atoms with Crippen molar-refractivity contribution in [1.29, 1.82) is 0 Å². The lowest BCUT2D eigenvalue weighted by atomic mass is 10.2. The fourth-order valence-corrected chi connectivity index (χ4v) is 1.74. The molecule has 1 rings (SSSR count). The molecule has 1 aromatic heterocycles. The molecule has 0 aliphatic rings. The van der Waals surface area contributed by atoms with Gasteiger partial charge in [-0.15, -0.1) is 0 Å². The largest absolute Gasteiger partial charge is 0.360 e. The molecule has 0 atom stereocenters. The van der Waals surface area contributed by atoms with E-state index in [0.717, 1.165) is 13.0 Å². The third-order valence-corrected chi connectivity index (χ3v) is 2.70. The smallest absolute Gasteiger partial charge is 0.239 e. The van der Waals surface area contributed by atoms with Gasteiger partial charge < -0.3 is 9.84 Å². The van der Waals surface area contributed by atoms with Gasteiger partial charge in [-0.1, -0.05) is 31.3 Å². The fraction of sp³-hybridized carbons (Fsp3) is 0.692. The van der Waals surface area contributed by atoms with Gasteiger partial charge in [-0.3, -0.25) is 9.69 Å². The quantitative estimate of drug-likeness (QED) is 0.723. The van der Waals surface area contributed by atoms with Crippen LogP contribution in [0, 0.1) is 6.92 Å². The van der Waals surface area contributed by atoms with Crippen molar-refractivity contribution in [3.05, 3.63) is 11.8 Å². The highest BCUT2D eigenvalue weighted by Gasteiger charge is 2.08. The molecule has 102 valence electrons. The van der Waals surface area contributed by atoms with Gasteiger partial charge >= 0.3 is 0 Å². The van der Waals surface area contributed by atoms with Crippen LogP contribution in [0.2, 0.25) is 0 Å². The molecule has 0 aliphatic heterocycles. The Balaban J connectivity index is 2.19. The Labute approximate surface area is 109 Å². The maximum absolute atomic E-state index is 11.7. The van der Waals surface area contributed by atoms with Gasteiger partial charge in [0.25, 0.3) is 0 Å². The van der Waals surface area contributed by atoms with Gasteiger partial charge in [-0.2, -0.15) is 0 Å². The van der Waals surface area contributed by atoms with Gasteiger partial charge in [0, 0.05) is 6.07 Å². The number of unbranched alkanes of at least 4 members (excludes halogenated alkanes) is 3. The fourth-order valence-electron chi connectivity index (χ4n) is 1.74. The van der Waals surface area contributed by atoms with Gasteiger partial charge in [0.05, 0.1) is 6.54 Å². The Hall–Kier alpha value is -1.36. The zero-order valence-corrected chi connectivity index (χ0v) is 11.5. The number of nitrogens with one attached hydrogen (secondary N) is 1.